The van der Waals surface area contributed by atoms with Crippen molar-refractivity contribution in [2.45, 2.75) is 37.3 Å². The SMILES string of the molecule is Oc1ccc2c(c1)C(O)CC(c1ccc(Cl)cc1Cl)O2.Oc1ccc2c(c1)C(O)CC(c1ccc(Cl)cc1Cl)O2. The van der Waals surface area contributed by atoms with Gasteiger partial charge in [-0.05, 0) is 60.7 Å². The maximum absolute atomic E-state index is 10.2. The van der Waals surface area contributed by atoms with Crippen LogP contribution in [0.4, 0.5) is 0 Å². The van der Waals surface area contributed by atoms with Crippen molar-refractivity contribution < 1.29 is 29.9 Å². The van der Waals surface area contributed by atoms with Crippen LogP contribution in [0.15, 0.2) is 72.8 Å². The van der Waals surface area contributed by atoms with Crippen molar-refractivity contribution in [3.63, 3.8) is 0 Å². The number of phenols is 2. The summed E-state index contributed by atoms with van der Waals surface area (Å²) in [5, 5.41) is 41.5. The lowest BCUT2D eigenvalue weighted by Gasteiger charge is -2.30. The number of aliphatic hydroxyl groups excluding tert-OH is 2. The predicted octanol–water partition coefficient (Wildman–Crippen LogP) is 8.51. The summed E-state index contributed by atoms with van der Waals surface area (Å²) in [4.78, 5) is 0. The van der Waals surface area contributed by atoms with Gasteiger partial charge >= 0.3 is 0 Å². The van der Waals surface area contributed by atoms with Gasteiger partial charge in [-0.3, -0.25) is 0 Å². The van der Waals surface area contributed by atoms with Gasteiger partial charge < -0.3 is 29.9 Å². The molecule has 0 amide bonds. The predicted molar refractivity (Wildman–Crippen MR) is 155 cm³/mol. The number of hydrogen-bond acceptors (Lipinski definition) is 6. The summed E-state index contributed by atoms with van der Waals surface area (Å²) in [6, 6.07) is 19.7. The molecular weight excluding hydrogens is 598 g/mol. The number of ether oxygens (including phenoxy) is 2. The van der Waals surface area contributed by atoms with E-state index in [4.69, 9.17) is 55.9 Å². The molecule has 2 heterocycles. The molecule has 4 aromatic rings. The number of fused-ring (bicyclic) bond motifs is 2. The first-order chi connectivity index (χ1) is 19.1. The molecule has 4 N–H and O–H groups in total. The second-order valence-electron chi connectivity index (χ2n) is 9.49. The molecule has 0 saturated carbocycles. The quantitative estimate of drug-likeness (QED) is 0.179. The molecule has 0 aliphatic carbocycles. The molecule has 40 heavy (non-hydrogen) atoms. The summed E-state index contributed by atoms with van der Waals surface area (Å²) in [5.74, 6) is 1.32. The molecule has 4 unspecified atom stereocenters. The molecule has 0 aromatic heterocycles. The van der Waals surface area contributed by atoms with Gasteiger partial charge in [0.25, 0.3) is 0 Å². The van der Waals surface area contributed by atoms with Crippen molar-refractivity contribution in [1.82, 2.24) is 0 Å². The fraction of sp³-hybridized carbons (Fsp3) is 0.200. The fourth-order valence-electron chi connectivity index (χ4n) is 4.78. The lowest BCUT2D eigenvalue weighted by molar-refractivity contribution is 0.0651. The van der Waals surface area contributed by atoms with Gasteiger partial charge in [-0.15, -0.1) is 0 Å². The topological polar surface area (TPSA) is 99.4 Å². The Morgan fingerprint density at radius 1 is 0.525 bits per heavy atom. The first-order valence-electron chi connectivity index (χ1n) is 12.3. The maximum atomic E-state index is 10.2. The van der Waals surface area contributed by atoms with Crippen molar-refractivity contribution in [3.05, 3.63) is 115 Å². The maximum Gasteiger partial charge on any atom is 0.128 e. The van der Waals surface area contributed by atoms with Gasteiger partial charge in [0.05, 0.1) is 12.2 Å². The van der Waals surface area contributed by atoms with Crippen LogP contribution in [0.1, 0.15) is 59.5 Å². The van der Waals surface area contributed by atoms with Crippen LogP contribution in [0.2, 0.25) is 20.1 Å². The molecule has 208 valence electrons. The minimum atomic E-state index is -0.706. The van der Waals surface area contributed by atoms with E-state index in [-0.39, 0.29) is 23.7 Å². The van der Waals surface area contributed by atoms with Crippen LogP contribution in [0.25, 0.3) is 0 Å². The summed E-state index contributed by atoms with van der Waals surface area (Å²) in [7, 11) is 0. The van der Waals surface area contributed by atoms with Crippen molar-refractivity contribution in [2.75, 3.05) is 0 Å². The normalized spacial score (nSPS) is 21.1. The highest BCUT2D eigenvalue weighted by Gasteiger charge is 2.31. The van der Waals surface area contributed by atoms with Crippen molar-refractivity contribution >= 4 is 46.4 Å². The highest BCUT2D eigenvalue weighted by atomic mass is 35.5. The molecule has 4 atom stereocenters. The summed E-state index contributed by atoms with van der Waals surface area (Å²) in [6.45, 7) is 0. The monoisotopic (exact) mass is 620 g/mol. The molecule has 2 aliphatic heterocycles. The van der Waals surface area contributed by atoms with E-state index in [2.05, 4.69) is 0 Å². The number of rotatable bonds is 2. The molecule has 10 heteroatoms. The van der Waals surface area contributed by atoms with Crippen molar-refractivity contribution in [3.8, 4) is 23.0 Å². The lowest BCUT2D eigenvalue weighted by atomic mass is 9.95. The highest BCUT2D eigenvalue weighted by molar-refractivity contribution is 6.35. The summed E-state index contributed by atoms with van der Waals surface area (Å²) < 4.78 is 11.7. The van der Waals surface area contributed by atoms with Crippen LogP contribution in [0.5, 0.6) is 23.0 Å². The number of hydrogen-bond donors (Lipinski definition) is 4. The zero-order valence-corrected chi connectivity index (χ0v) is 23.8. The Morgan fingerprint density at radius 3 is 1.30 bits per heavy atom. The van der Waals surface area contributed by atoms with E-state index in [0.717, 1.165) is 11.1 Å². The summed E-state index contributed by atoms with van der Waals surface area (Å²) >= 11 is 24.1. The minimum absolute atomic E-state index is 0.106. The largest absolute Gasteiger partial charge is 0.508 e. The molecule has 0 spiro atoms. The Hall–Kier alpha value is -2.84. The van der Waals surface area contributed by atoms with Crippen molar-refractivity contribution in [1.29, 1.82) is 0 Å². The van der Waals surface area contributed by atoms with E-state index < -0.39 is 12.2 Å². The van der Waals surface area contributed by atoms with Crippen LogP contribution >= 0.6 is 46.4 Å². The third-order valence-electron chi connectivity index (χ3n) is 6.74. The van der Waals surface area contributed by atoms with E-state index in [1.807, 2.05) is 0 Å². The Bertz CT molecular complexity index is 1430. The van der Waals surface area contributed by atoms with Crippen LogP contribution in [0, 0.1) is 0 Å². The second kappa shape index (κ2) is 12.0. The number of benzene rings is 4. The van der Waals surface area contributed by atoms with Crippen molar-refractivity contribution in [2.24, 2.45) is 0 Å². The van der Waals surface area contributed by atoms with Crippen LogP contribution in [-0.4, -0.2) is 20.4 Å². The van der Waals surface area contributed by atoms with Gasteiger partial charge in [0.2, 0.25) is 0 Å². The number of aromatic hydroxyl groups is 2. The molecule has 4 aromatic carbocycles. The van der Waals surface area contributed by atoms with Crippen LogP contribution in [-0.2, 0) is 0 Å². The molecule has 0 saturated heterocycles. The van der Waals surface area contributed by atoms with Crippen LogP contribution < -0.4 is 9.47 Å². The third-order valence-corrected chi connectivity index (χ3v) is 7.86. The van der Waals surface area contributed by atoms with Gasteiger partial charge in [0.15, 0.2) is 0 Å². The van der Waals surface area contributed by atoms with E-state index in [1.54, 1.807) is 48.5 Å². The molecule has 6 rings (SSSR count). The number of phenolic OH excluding ortho intramolecular Hbond substituents is 2. The van der Waals surface area contributed by atoms with Crippen LogP contribution in [0.3, 0.4) is 0 Å². The second-order valence-corrected chi connectivity index (χ2v) is 11.2. The zero-order valence-electron chi connectivity index (χ0n) is 20.8. The van der Waals surface area contributed by atoms with Gasteiger partial charge in [-0.2, -0.15) is 0 Å². The van der Waals surface area contributed by atoms with E-state index in [9.17, 15) is 20.4 Å². The van der Waals surface area contributed by atoms with Gasteiger partial charge in [0.1, 0.15) is 35.2 Å². The van der Waals surface area contributed by atoms with Gasteiger partial charge in [0, 0.05) is 55.2 Å². The standard InChI is InChI=1S/2C15H12Cl2O3/c2*16-8-1-3-10(12(17)5-8)15-7-13(19)11-6-9(18)2-4-14(11)20-15/h2*1-6,13,15,18-19H,7H2. The lowest BCUT2D eigenvalue weighted by Crippen LogP contribution is -2.19. The zero-order chi connectivity index (χ0) is 28.6. The fourth-order valence-corrected chi connectivity index (χ4v) is 5.84. The van der Waals surface area contributed by atoms with E-state index in [0.29, 0.717) is 55.6 Å². The first-order valence-corrected chi connectivity index (χ1v) is 13.9. The van der Waals surface area contributed by atoms with Gasteiger partial charge in [-0.1, -0.05) is 58.5 Å². The average Bonchev–Trinajstić information content (AvgIpc) is 2.90. The average molecular weight is 622 g/mol. The van der Waals surface area contributed by atoms with Gasteiger partial charge in [-0.25, -0.2) is 0 Å². The Morgan fingerprint density at radius 2 is 0.925 bits per heavy atom. The molecule has 0 bridgehead atoms. The number of aliphatic hydroxyl groups is 2. The summed E-state index contributed by atoms with van der Waals surface area (Å²) in [5.41, 5.74) is 2.75. The first kappa shape index (κ1) is 28.7. The molecule has 0 radical (unpaired) electrons. The Kier molecular flexibility index (Phi) is 8.57. The molecule has 2 aliphatic rings. The number of halogens is 4. The minimum Gasteiger partial charge on any atom is -0.508 e. The van der Waals surface area contributed by atoms with E-state index in [1.165, 1.54) is 24.3 Å². The molecular formula is C30H24Cl4O6. The Balaban J connectivity index is 0.000000161. The molecule has 6 nitrogen and oxygen atoms in total. The summed E-state index contributed by atoms with van der Waals surface area (Å²) in [6.07, 6.45) is -1.35. The third kappa shape index (κ3) is 6.23. The smallest absolute Gasteiger partial charge is 0.128 e. The molecule has 0 fully saturated rings. The Labute approximate surface area is 250 Å². The highest BCUT2D eigenvalue weighted by Crippen LogP contribution is 2.45. The van der Waals surface area contributed by atoms with E-state index >= 15 is 0 Å².